The molecule has 0 bridgehead atoms. The Labute approximate surface area is 227 Å². The van der Waals surface area contributed by atoms with Crippen LogP contribution in [-0.4, -0.2) is 57.5 Å². The van der Waals surface area contributed by atoms with Crippen molar-refractivity contribution < 1.29 is 23.5 Å². The van der Waals surface area contributed by atoms with Gasteiger partial charge in [0.05, 0.1) is 30.6 Å². The Hall–Kier alpha value is -4.50. The van der Waals surface area contributed by atoms with Crippen molar-refractivity contribution in [1.82, 2.24) is 4.90 Å². The molecule has 9 heteroatoms. The molecular weight excluding hydrogens is 499 g/mol. The molecule has 1 aliphatic heterocycles. The van der Waals surface area contributed by atoms with Gasteiger partial charge in [-0.2, -0.15) is 0 Å². The van der Waals surface area contributed by atoms with E-state index in [1.807, 2.05) is 67.5 Å². The summed E-state index contributed by atoms with van der Waals surface area (Å²) in [6.45, 7) is 0.286. The Morgan fingerprint density at radius 1 is 1.00 bits per heavy atom. The van der Waals surface area contributed by atoms with Crippen molar-refractivity contribution in [1.29, 1.82) is 0 Å². The summed E-state index contributed by atoms with van der Waals surface area (Å²) in [5, 5.41) is 6.13. The molecular formula is C30H31FN4O4. The summed E-state index contributed by atoms with van der Waals surface area (Å²) in [5.41, 5.74) is 4.92. The summed E-state index contributed by atoms with van der Waals surface area (Å²) in [5.74, 6) is -1.15. The fourth-order valence-electron chi connectivity index (χ4n) is 4.34. The number of aryl methyl sites for hydroxylation is 1. The molecule has 1 aliphatic rings. The smallest absolute Gasteiger partial charge is 0.305 e. The number of nitrogens with one attached hydrogen (secondary N) is 2. The van der Waals surface area contributed by atoms with E-state index in [1.54, 1.807) is 18.0 Å². The van der Waals surface area contributed by atoms with Gasteiger partial charge in [0.1, 0.15) is 5.82 Å². The van der Waals surface area contributed by atoms with E-state index in [0.29, 0.717) is 34.6 Å². The second kappa shape index (κ2) is 11.9. The average Bonchev–Trinajstić information content (AvgIpc) is 3.24. The monoisotopic (exact) mass is 530 g/mol. The lowest BCUT2D eigenvalue weighted by Crippen LogP contribution is -2.34. The number of carbonyl (C=O) groups is 3. The zero-order valence-corrected chi connectivity index (χ0v) is 22.4. The van der Waals surface area contributed by atoms with Crippen LogP contribution in [0.3, 0.4) is 0 Å². The fourth-order valence-corrected chi connectivity index (χ4v) is 4.34. The van der Waals surface area contributed by atoms with E-state index >= 15 is 0 Å². The lowest BCUT2D eigenvalue weighted by molar-refractivity contribution is -0.140. The summed E-state index contributed by atoms with van der Waals surface area (Å²) in [7, 11) is 6.75. The van der Waals surface area contributed by atoms with Crippen LogP contribution in [0.15, 0.2) is 66.7 Å². The highest BCUT2D eigenvalue weighted by Crippen LogP contribution is 2.38. The molecule has 2 N–H and O–H groups in total. The quantitative estimate of drug-likeness (QED) is 0.315. The topological polar surface area (TPSA) is 91.0 Å². The molecule has 0 saturated heterocycles. The van der Waals surface area contributed by atoms with Gasteiger partial charge in [-0.3, -0.25) is 14.4 Å². The largest absolute Gasteiger partial charge is 0.469 e. The number of anilines is 3. The Morgan fingerprint density at radius 3 is 2.44 bits per heavy atom. The number of hydrogen-bond donors (Lipinski definition) is 2. The zero-order chi connectivity index (χ0) is 28.1. The van der Waals surface area contributed by atoms with Crippen molar-refractivity contribution in [3.05, 3.63) is 89.2 Å². The molecule has 0 fully saturated rings. The van der Waals surface area contributed by atoms with Gasteiger partial charge in [0.25, 0.3) is 5.91 Å². The van der Waals surface area contributed by atoms with Crippen LogP contribution in [0.1, 0.15) is 23.1 Å². The summed E-state index contributed by atoms with van der Waals surface area (Å²) < 4.78 is 18.7. The average molecular weight is 531 g/mol. The molecule has 0 saturated carbocycles. The number of halogens is 1. The number of hydrogen-bond acceptors (Lipinski definition) is 6. The molecule has 0 unspecified atom stereocenters. The molecule has 0 aromatic heterocycles. The number of fused-ring (bicyclic) bond motifs is 1. The van der Waals surface area contributed by atoms with Gasteiger partial charge < -0.3 is 25.2 Å². The van der Waals surface area contributed by atoms with Crippen LogP contribution in [0, 0.1) is 5.82 Å². The van der Waals surface area contributed by atoms with E-state index in [1.165, 1.54) is 19.2 Å². The van der Waals surface area contributed by atoms with E-state index in [2.05, 4.69) is 10.6 Å². The fraction of sp³-hybridized carbons (Fsp3) is 0.233. The molecule has 3 aromatic carbocycles. The molecule has 202 valence electrons. The van der Waals surface area contributed by atoms with Crippen LogP contribution in [-0.2, 0) is 25.5 Å². The van der Waals surface area contributed by atoms with Crippen LogP contribution in [0.5, 0.6) is 0 Å². The Morgan fingerprint density at radius 2 is 1.74 bits per heavy atom. The van der Waals surface area contributed by atoms with E-state index in [9.17, 15) is 18.8 Å². The van der Waals surface area contributed by atoms with Crippen molar-refractivity contribution in [3.8, 4) is 0 Å². The highest BCUT2D eigenvalue weighted by Gasteiger charge is 2.29. The lowest BCUT2D eigenvalue weighted by atomic mass is 9.97. The van der Waals surface area contributed by atoms with Crippen LogP contribution in [0.2, 0.25) is 0 Å². The third-order valence-electron chi connectivity index (χ3n) is 6.39. The first-order valence-corrected chi connectivity index (χ1v) is 12.5. The Balaban J connectivity index is 1.72. The molecule has 1 heterocycles. The van der Waals surface area contributed by atoms with E-state index < -0.39 is 5.82 Å². The van der Waals surface area contributed by atoms with Crippen molar-refractivity contribution in [2.75, 3.05) is 50.3 Å². The number of carbonyl (C=O) groups excluding carboxylic acids is 3. The second-order valence-corrected chi connectivity index (χ2v) is 9.53. The summed E-state index contributed by atoms with van der Waals surface area (Å²) in [4.78, 5) is 40.7. The minimum Gasteiger partial charge on any atom is -0.469 e. The SMILES string of the molecule is COC(=O)CCc1cccc(/C(Nc2ccc(N(C)C(=O)CN(C)C)cc2)=C2/C(=O)Nc3cc(F)ccc32)c1. The molecule has 0 aliphatic carbocycles. The van der Waals surface area contributed by atoms with Crippen LogP contribution >= 0.6 is 0 Å². The lowest BCUT2D eigenvalue weighted by Gasteiger charge is -2.20. The number of likely N-dealkylation sites (N-methyl/N-ethyl adjacent to an activating group) is 2. The highest BCUT2D eigenvalue weighted by molar-refractivity contribution is 6.37. The molecule has 0 radical (unpaired) electrons. The maximum absolute atomic E-state index is 13.9. The third kappa shape index (κ3) is 6.50. The van der Waals surface area contributed by atoms with Gasteiger partial charge in [-0.25, -0.2) is 4.39 Å². The van der Waals surface area contributed by atoms with Crippen molar-refractivity contribution in [2.45, 2.75) is 12.8 Å². The Kier molecular flexibility index (Phi) is 8.41. The predicted octanol–water partition coefficient (Wildman–Crippen LogP) is 4.39. The summed E-state index contributed by atoms with van der Waals surface area (Å²) in [6, 6.07) is 19.0. The van der Waals surface area contributed by atoms with Crippen molar-refractivity contribution in [2.24, 2.45) is 0 Å². The van der Waals surface area contributed by atoms with Crippen LogP contribution < -0.4 is 15.5 Å². The first kappa shape index (κ1) is 27.5. The van der Waals surface area contributed by atoms with Gasteiger partial charge in [0, 0.05) is 30.4 Å². The maximum Gasteiger partial charge on any atom is 0.305 e. The van der Waals surface area contributed by atoms with Gasteiger partial charge in [-0.15, -0.1) is 0 Å². The van der Waals surface area contributed by atoms with Crippen molar-refractivity contribution in [3.63, 3.8) is 0 Å². The zero-order valence-electron chi connectivity index (χ0n) is 22.4. The Bertz CT molecular complexity index is 1430. The van der Waals surface area contributed by atoms with Gasteiger partial charge in [0.2, 0.25) is 5.91 Å². The van der Waals surface area contributed by atoms with Crippen LogP contribution in [0.25, 0.3) is 11.3 Å². The number of esters is 1. The maximum atomic E-state index is 13.9. The number of benzene rings is 3. The van der Waals surface area contributed by atoms with Crippen molar-refractivity contribution >= 4 is 46.1 Å². The first-order valence-electron chi connectivity index (χ1n) is 12.5. The predicted molar refractivity (Wildman–Crippen MR) is 151 cm³/mol. The minimum absolute atomic E-state index is 0.0428. The standard InChI is InChI=1S/C30H31FN4O4/c1-34(2)18-26(36)35(3)23-12-10-22(11-13-23)32-29(20-7-5-6-19(16-20)8-15-27(37)39-4)28-24-14-9-21(31)17-25(24)33-30(28)38/h5-7,9-14,16-17,32H,8,15,18H2,1-4H3,(H,33,38)/b29-28-. The van der Waals surface area contributed by atoms with Crippen LogP contribution in [0.4, 0.5) is 21.5 Å². The van der Waals surface area contributed by atoms with E-state index in [4.69, 9.17) is 4.74 Å². The number of ether oxygens (including phenoxy) is 1. The van der Waals surface area contributed by atoms with E-state index in [0.717, 1.165) is 16.8 Å². The highest BCUT2D eigenvalue weighted by atomic mass is 19.1. The van der Waals surface area contributed by atoms with Gasteiger partial charge in [-0.05, 0) is 80.2 Å². The summed E-state index contributed by atoms with van der Waals surface area (Å²) >= 11 is 0. The van der Waals surface area contributed by atoms with Gasteiger partial charge in [-0.1, -0.05) is 18.2 Å². The molecule has 2 amide bonds. The van der Waals surface area contributed by atoms with Gasteiger partial charge >= 0.3 is 5.97 Å². The second-order valence-electron chi connectivity index (χ2n) is 9.53. The minimum atomic E-state index is -0.446. The molecule has 8 nitrogen and oxygen atoms in total. The molecule has 3 aromatic rings. The molecule has 0 spiro atoms. The molecule has 4 rings (SSSR count). The molecule has 0 atom stereocenters. The van der Waals surface area contributed by atoms with E-state index in [-0.39, 0.29) is 30.7 Å². The number of methoxy groups -OCH3 is 1. The molecule has 39 heavy (non-hydrogen) atoms. The first-order chi connectivity index (χ1) is 18.7. The van der Waals surface area contributed by atoms with Gasteiger partial charge in [0.15, 0.2) is 0 Å². The normalized spacial score (nSPS) is 13.5. The number of rotatable bonds is 9. The summed E-state index contributed by atoms with van der Waals surface area (Å²) in [6.07, 6.45) is 0.697. The number of amides is 2. The number of nitrogens with zero attached hydrogens (tertiary/aromatic N) is 2. The third-order valence-corrected chi connectivity index (χ3v) is 6.39.